The molecule has 0 atom stereocenters. The maximum Gasteiger partial charge on any atom is 0.282 e. The van der Waals surface area contributed by atoms with Crippen LogP contribution in [0.1, 0.15) is 30.3 Å². The van der Waals surface area contributed by atoms with E-state index in [1.807, 2.05) is 42.5 Å². The molecule has 0 fully saturated rings. The predicted octanol–water partition coefficient (Wildman–Crippen LogP) is 7.33. The molecule has 0 bridgehead atoms. The van der Waals surface area contributed by atoms with Crippen molar-refractivity contribution in [2.75, 3.05) is 0 Å². The summed E-state index contributed by atoms with van der Waals surface area (Å²) in [6, 6.07) is 26.0. The summed E-state index contributed by atoms with van der Waals surface area (Å²) in [4.78, 5) is 17.9. The molecule has 1 aromatic heterocycles. The predicted molar refractivity (Wildman–Crippen MR) is 158 cm³/mol. The summed E-state index contributed by atoms with van der Waals surface area (Å²) in [6.07, 6.45) is 3.23. The lowest BCUT2D eigenvalue weighted by Crippen LogP contribution is -2.22. The molecule has 180 valence electrons. The third-order valence-electron chi connectivity index (χ3n) is 5.89. The highest BCUT2D eigenvalue weighted by Crippen LogP contribution is 2.25. The number of benzene rings is 4. The second-order valence-corrected chi connectivity index (χ2v) is 10.5. The Morgan fingerprint density at radius 3 is 2.69 bits per heavy atom. The van der Waals surface area contributed by atoms with E-state index >= 15 is 0 Å². The van der Waals surface area contributed by atoms with Gasteiger partial charge in [0.1, 0.15) is 18.2 Å². The van der Waals surface area contributed by atoms with E-state index in [-0.39, 0.29) is 5.56 Å². The highest BCUT2D eigenvalue weighted by atomic mass is 127. The van der Waals surface area contributed by atoms with E-state index in [9.17, 15) is 4.79 Å². The van der Waals surface area contributed by atoms with Gasteiger partial charge in [-0.2, -0.15) is 9.78 Å². The molecule has 0 aliphatic heterocycles. The largest absolute Gasteiger partial charge is 0.488 e. The molecule has 0 saturated heterocycles. The summed E-state index contributed by atoms with van der Waals surface area (Å²) in [5.41, 5.74) is 2.53. The number of fused-ring (bicyclic) bond motifs is 2. The molecule has 5 nitrogen and oxygen atoms in total. The summed E-state index contributed by atoms with van der Waals surface area (Å²) in [5.74, 6) is 1.46. The lowest BCUT2D eigenvalue weighted by atomic mass is 10.1. The van der Waals surface area contributed by atoms with E-state index in [2.05, 4.69) is 80.9 Å². The fourth-order valence-corrected chi connectivity index (χ4v) is 5.17. The van der Waals surface area contributed by atoms with Crippen molar-refractivity contribution < 1.29 is 4.74 Å². The molecule has 36 heavy (non-hydrogen) atoms. The van der Waals surface area contributed by atoms with E-state index in [0.29, 0.717) is 29.8 Å². The second-order valence-electron chi connectivity index (χ2n) is 8.42. The molecule has 5 rings (SSSR count). The number of aryl methyl sites for hydroxylation is 1. The average molecular weight is 652 g/mol. The van der Waals surface area contributed by atoms with Crippen molar-refractivity contribution in [2.24, 2.45) is 5.10 Å². The van der Waals surface area contributed by atoms with Gasteiger partial charge in [-0.15, -0.1) is 0 Å². The van der Waals surface area contributed by atoms with Crippen LogP contribution in [0.2, 0.25) is 0 Å². The summed E-state index contributed by atoms with van der Waals surface area (Å²) in [5, 5.41) is 7.46. The summed E-state index contributed by atoms with van der Waals surface area (Å²) >= 11 is 5.71. The third kappa shape index (κ3) is 5.22. The van der Waals surface area contributed by atoms with E-state index in [1.165, 1.54) is 15.4 Å². The minimum atomic E-state index is -0.175. The molecular weight excluding hydrogens is 629 g/mol. The van der Waals surface area contributed by atoms with Crippen LogP contribution < -0.4 is 10.3 Å². The highest BCUT2D eigenvalue weighted by molar-refractivity contribution is 14.1. The van der Waals surface area contributed by atoms with Crippen molar-refractivity contribution in [2.45, 2.75) is 26.4 Å². The molecule has 0 N–H and O–H groups in total. The van der Waals surface area contributed by atoms with Crippen LogP contribution in [0.25, 0.3) is 21.7 Å². The Labute approximate surface area is 231 Å². The van der Waals surface area contributed by atoms with Gasteiger partial charge < -0.3 is 4.74 Å². The minimum absolute atomic E-state index is 0.175. The zero-order valence-corrected chi connectivity index (χ0v) is 23.4. The Morgan fingerprint density at radius 1 is 1.03 bits per heavy atom. The van der Waals surface area contributed by atoms with Crippen LogP contribution in [0.5, 0.6) is 5.75 Å². The zero-order valence-electron chi connectivity index (χ0n) is 19.6. The van der Waals surface area contributed by atoms with Gasteiger partial charge in [0.2, 0.25) is 0 Å². The van der Waals surface area contributed by atoms with Gasteiger partial charge in [0, 0.05) is 10.9 Å². The van der Waals surface area contributed by atoms with Crippen molar-refractivity contribution in [1.29, 1.82) is 0 Å². The molecule has 0 spiro atoms. The fourth-order valence-electron chi connectivity index (χ4n) is 4.11. The van der Waals surface area contributed by atoms with Gasteiger partial charge in [0.25, 0.3) is 5.56 Å². The quantitative estimate of drug-likeness (QED) is 0.137. The lowest BCUT2D eigenvalue weighted by Gasteiger charge is -2.11. The molecule has 0 amide bonds. The topological polar surface area (TPSA) is 56.5 Å². The Balaban J connectivity index is 1.40. The maximum atomic E-state index is 13.2. The molecular formula is C29H23BrIN3O2. The van der Waals surface area contributed by atoms with Crippen LogP contribution in [0.3, 0.4) is 0 Å². The fraction of sp³-hybridized carbons (Fsp3) is 0.138. The maximum absolute atomic E-state index is 13.2. The first-order valence-electron chi connectivity index (χ1n) is 11.7. The van der Waals surface area contributed by atoms with E-state index in [4.69, 9.17) is 9.72 Å². The van der Waals surface area contributed by atoms with Gasteiger partial charge in [-0.1, -0.05) is 65.3 Å². The van der Waals surface area contributed by atoms with E-state index in [1.54, 1.807) is 12.3 Å². The van der Waals surface area contributed by atoms with Crippen LogP contribution in [0.15, 0.2) is 93.2 Å². The summed E-state index contributed by atoms with van der Waals surface area (Å²) in [7, 11) is 0. The third-order valence-corrected chi connectivity index (χ3v) is 7.23. The zero-order chi connectivity index (χ0) is 25.1. The van der Waals surface area contributed by atoms with Crippen LogP contribution in [-0.4, -0.2) is 15.9 Å². The highest BCUT2D eigenvalue weighted by Gasteiger charge is 2.11. The van der Waals surface area contributed by atoms with Crippen molar-refractivity contribution in [3.63, 3.8) is 0 Å². The molecule has 1 heterocycles. The summed E-state index contributed by atoms with van der Waals surface area (Å²) < 4.78 is 9.37. The first-order chi connectivity index (χ1) is 17.5. The number of hydrogen-bond donors (Lipinski definition) is 0. The van der Waals surface area contributed by atoms with Gasteiger partial charge in [-0.05, 0) is 87.3 Å². The molecule has 0 aliphatic carbocycles. The van der Waals surface area contributed by atoms with Crippen molar-refractivity contribution in [3.05, 3.63) is 114 Å². The number of halogens is 2. The second kappa shape index (κ2) is 10.9. The van der Waals surface area contributed by atoms with Crippen LogP contribution >= 0.6 is 38.5 Å². The lowest BCUT2D eigenvalue weighted by molar-refractivity contribution is 0.305. The van der Waals surface area contributed by atoms with E-state index in [0.717, 1.165) is 31.3 Å². The number of aromatic nitrogens is 2. The van der Waals surface area contributed by atoms with Crippen LogP contribution in [0, 0.1) is 3.57 Å². The first kappa shape index (κ1) is 24.6. The van der Waals surface area contributed by atoms with Gasteiger partial charge in [-0.3, -0.25) is 4.79 Å². The molecule has 5 aromatic rings. The van der Waals surface area contributed by atoms with E-state index < -0.39 is 0 Å². The molecule has 0 unspecified atom stereocenters. The minimum Gasteiger partial charge on any atom is -0.488 e. The normalized spacial score (nSPS) is 11.5. The smallest absolute Gasteiger partial charge is 0.282 e. The Hall–Kier alpha value is -3.04. The van der Waals surface area contributed by atoms with Gasteiger partial charge >= 0.3 is 0 Å². The Morgan fingerprint density at radius 2 is 1.86 bits per heavy atom. The number of ether oxygens (including phenoxy) is 1. The molecule has 0 saturated carbocycles. The molecule has 0 radical (unpaired) electrons. The number of rotatable bonds is 7. The standard InChI is InChI=1S/C29H23BrIN3O2/c1-2-6-28-33-26-13-12-22(30)16-24(26)29(35)34(28)32-17-19-11-14-27(25(31)15-19)36-18-21-9-5-8-20-7-3-4-10-23(20)21/h3-5,7-17H,2,6,18H2,1H3. The van der Waals surface area contributed by atoms with Gasteiger partial charge in [0.05, 0.1) is 20.7 Å². The SMILES string of the molecule is CCCc1nc2ccc(Br)cc2c(=O)n1N=Cc1ccc(OCc2cccc3ccccc23)c(I)c1. The first-order valence-corrected chi connectivity index (χ1v) is 13.5. The van der Waals surface area contributed by atoms with Gasteiger partial charge in [-0.25, -0.2) is 4.98 Å². The van der Waals surface area contributed by atoms with Gasteiger partial charge in [0.15, 0.2) is 0 Å². The van der Waals surface area contributed by atoms with Crippen molar-refractivity contribution >= 4 is 66.4 Å². The molecule has 7 heteroatoms. The Bertz CT molecular complexity index is 1660. The monoisotopic (exact) mass is 651 g/mol. The Kier molecular flexibility index (Phi) is 7.48. The van der Waals surface area contributed by atoms with Crippen LogP contribution in [-0.2, 0) is 13.0 Å². The van der Waals surface area contributed by atoms with Crippen LogP contribution in [0.4, 0.5) is 0 Å². The number of hydrogen-bond acceptors (Lipinski definition) is 4. The van der Waals surface area contributed by atoms with Crippen molar-refractivity contribution in [1.82, 2.24) is 9.66 Å². The summed E-state index contributed by atoms with van der Waals surface area (Å²) in [6.45, 7) is 2.55. The van der Waals surface area contributed by atoms with Crippen molar-refractivity contribution in [3.8, 4) is 5.75 Å². The molecule has 0 aliphatic rings. The number of nitrogens with zero attached hydrogens (tertiary/aromatic N) is 3. The average Bonchev–Trinajstić information content (AvgIpc) is 2.88. The molecule has 4 aromatic carbocycles.